The molecule has 0 unspecified atom stereocenters. The SMILES string of the molecule is CCOc1ccc(OC)c(OC(=O)C2CC2)c1. The summed E-state index contributed by atoms with van der Waals surface area (Å²) >= 11 is 0. The molecule has 0 aliphatic heterocycles. The molecule has 0 bridgehead atoms. The van der Waals surface area contributed by atoms with Gasteiger partial charge in [-0.1, -0.05) is 0 Å². The van der Waals surface area contributed by atoms with Crippen molar-refractivity contribution in [2.75, 3.05) is 13.7 Å². The molecule has 0 saturated heterocycles. The fourth-order valence-electron chi connectivity index (χ4n) is 1.50. The minimum atomic E-state index is -0.183. The highest BCUT2D eigenvalue weighted by molar-refractivity contribution is 5.78. The molecule has 0 spiro atoms. The average molecular weight is 236 g/mol. The molecule has 0 atom stereocenters. The Hall–Kier alpha value is -1.71. The summed E-state index contributed by atoms with van der Waals surface area (Å²) in [5.41, 5.74) is 0. The number of rotatable bonds is 5. The first-order chi connectivity index (χ1) is 8.24. The lowest BCUT2D eigenvalue weighted by Gasteiger charge is -2.11. The number of hydrogen-bond acceptors (Lipinski definition) is 4. The highest BCUT2D eigenvalue weighted by Gasteiger charge is 2.32. The van der Waals surface area contributed by atoms with Crippen LogP contribution in [0.15, 0.2) is 18.2 Å². The Bertz CT molecular complexity index is 410. The Morgan fingerprint density at radius 1 is 1.35 bits per heavy atom. The first-order valence-corrected chi connectivity index (χ1v) is 5.77. The van der Waals surface area contributed by atoms with E-state index < -0.39 is 0 Å². The Morgan fingerprint density at radius 3 is 2.71 bits per heavy atom. The Balaban J connectivity index is 2.15. The zero-order chi connectivity index (χ0) is 12.3. The number of carbonyl (C=O) groups excluding carboxylic acids is 1. The van der Waals surface area contributed by atoms with Crippen LogP contribution in [-0.4, -0.2) is 19.7 Å². The van der Waals surface area contributed by atoms with Crippen LogP contribution in [0.5, 0.6) is 17.2 Å². The molecule has 4 nitrogen and oxygen atoms in total. The second-order valence-corrected chi connectivity index (χ2v) is 3.94. The van der Waals surface area contributed by atoms with Gasteiger partial charge in [0.25, 0.3) is 0 Å². The summed E-state index contributed by atoms with van der Waals surface area (Å²) < 4.78 is 15.8. The molecule has 0 heterocycles. The number of ether oxygens (including phenoxy) is 3. The largest absolute Gasteiger partial charge is 0.494 e. The van der Waals surface area contributed by atoms with E-state index in [2.05, 4.69) is 0 Å². The number of carbonyl (C=O) groups is 1. The van der Waals surface area contributed by atoms with Crippen LogP contribution in [0.25, 0.3) is 0 Å². The van der Waals surface area contributed by atoms with E-state index in [1.807, 2.05) is 6.92 Å². The van der Waals surface area contributed by atoms with Crippen LogP contribution in [0, 0.1) is 5.92 Å². The summed E-state index contributed by atoms with van der Waals surface area (Å²) in [6.07, 6.45) is 1.85. The highest BCUT2D eigenvalue weighted by atomic mass is 16.6. The van der Waals surface area contributed by atoms with Gasteiger partial charge >= 0.3 is 5.97 Å². The quantitative estimate of drug-likeness (QED) is 0.581. The van der Waals surface area contributed by atoms with E-state index >= 15 is 0 Å². The predicted molar refractivity (Wildman–Crippen MR) is 62.5 cm³/mol. The first-order valence-electron chi connectivity index (χ1n) is 5.77. The molecule has 0 radical (unpaired) electrons. The van der Waals surface area contributed by atoms with E-state index in [9.17, 15) is 4.79 Å². The summed E-state index contributed by atoms with van der Waals surface area (Å²) in [6, 6.07) is 5.21. The van der Waals surface area contributed by atoms with Crippen molar-refractivity contribution >= 4 is 5.97 Å². The van der Waals surface area contributed by atoms with Crippen molar-refractivity contribution in [2.45, 2.75) is 19.8 Å². The van der Waals surface area contributed by atoms with Crippen LogP contribution in [0.2, 0.25) is 0 Å². The van der Waals surface area contributed by atoms with Crippen LogP contribution >= 0.6 is 0 Å². The fourth-order valence-corrected chi connectivity index (χ4v) is 1.50. The predicted octanol–water partition coefficient (Wildman–Crippen LogP) is 2.41. The molecule has 1 aromatic carbocycles. The van der Waals surface area contributed by atoms with Gasteiger partial charge in [0.1, 0.15) is 5.75 Å². The zero-order valence-electron chi connectivity index (χ0n) is 10.1. The summed E-state index contributed by atoms with van der Waals surface area (Å²) in [6.45, 7) is 2.47. The number of methoxy groups -OCH3 is 1. The summed E-state index contributed by atoms with van der Waals surface area (Å²) in [5.74, 6) is 1.53. The molecule has 2 rings (SSSR count). The molecule has 0 aromatic heterocycles. The molecule has 92 valence electrons. The third-order valence-corrected chi connectivity index (χ3v) is 2.57. The van der Waals surface area contributed by atoms with Gasteiger partial charge in [-0.15, -0.1) is 0 Å². The monoisotopic (exact) mass is 236 g/mol. The molecule has 17 heavy (non-hydrogen) atoms. The third kappa shape index (κ3) is 2.90. The lowest BCUT2D eigenvalue weighted by atomic mass is 10.3. The standard InChI is InChI=1S/C13H16O4/c1-3-16-10-6-7-11(15-2)12(8-10)17-13(14)9-4-5-9/h6-9H,3-5H2,1-2H3. The lowest BCUT2D eigenvalue weighted by molar-refractivity contribution is -0.135. The molecular formula is C13H16O4. The molecule has 1 saturated carbocycles. The second-order valence-electron chi connectivity index (χ2n) is 3.94. The molecule has 1 aliphatic carbocycles. The average Bonchev–Trinajstić information content (AvgIpc) is 3.13. The minimum absolute atomic E-state index is 0.0652. The van der Waals surface area contributed by atoms with Gasteiger partial charge < -0.3 is 14.2 Å². The van der Waals surface area contributed by atoms with Gasteiger partial charge in [-0.25, -0.2) is 0 Å². The van der Waals surface area contributed by atoms with Crippen molar-refractivity contribution in [3.63, 3.8) is 0 Å². The van der Waals surface area contributed by atoms with Crippen molar-refractivity contribution in [1.29, 1.82) is 0 Å². The Morgan fingerprint density at radius 2 is 2.12 bits per heavy atom. The summed E-state index contributed by atoms with van der Waals surface area (Å²) in [7, 11) is 1.55. The van der Waals surface area contributed by atoms with Crippen molar-refractivity contribution < 1.29 is 19.0 Å². The van der Waals surface area contributed by atoms with Crippen LogP contribution in [-0.2, 0) is 4.79 Å². The van der Waals surface area contributed by atoms with Crippen molar-refractivity contribution in [2.24, 2.45) is 5.92 Å². The van der Waals surface area contributed by atoms with E-state index in [-0.39, 0.29) is 11.9 Å². The lowest BCUT2D eigenvalue weighted by Crippen LogP contribution is -2.10. The first kappa shape index (κ1) is 11.8. The molecule has 1 aliphatic rings. The number of hydrogen-bond donors (Lipinski definition) is 0. The van der Waals surface area contributed by atoms with E-state index in [4.69, 9.17) is 14.2 Å². The summed E-state index contributed by atoms with van der Waals surface area (Å²) in [5, 5.41) is 0. The maximum absolute atomic E-state index is 11.6. The van der Waals surface area contributed by atoms with Gasteiger partial charge in [0.15, 0.2) is 11.5 Å². The van der Waals surface area contributed by atoms with Crippen LogP contribution in [0.4, 0.5) is 0 Å². The fraction of sp³-hybridized carbons (Fsp3) is 0.462. The molecule has 1 fully saturated rings. The van der Waals surface area contributed by atoms with E-state index in [0.29, 0.717) is 23.9 Å². The van der Waals surface area contributed by atoms with Crippen LogP contribution in [0.1, 0.15) is 19.8 Å². The van der Waals surface area contributed by atoms with Crippen LogP contribution < -0.4 is 14.2 Å². The summed E-state index contributed by atoms with van der Waals surface area (Å²) in [4.78, 5) is 11.6. The van der Waals surface area contributed by atoms with Crippen LogP contribution in [0.3, 0.4) is 0 Å². The normalized spacial score (nSPS) is 14.2. The molecular weight excluding hydrogens is 220 g/mol. The third-order valence-electron chi connectivity index (χ3n) is 2.57. The molecule has 0 N–H and O–H groups in total. The molecule has 0 amide bonds. The van der Waals surface area contributed by atoms with Crippen molar-refractivity contribution in [3.05, 3.63) is 18.2 Å². The highest BCUT2D eigenvalue weighted by Crippen LogP contribution is 2.35. The van der Waals surface area contributed by atoms with E-state index in [1.54, 1.807) is 25.3 Å². The molecule has 1 aromatic rings. The number of esters is 1. The van der Waals surface area contributed by atoms with E-state index in [0.717, 1.165) is 12.8 Å². The molecule has 4 heteroatoms. The Labute approximate surface area is 100 Å². The van der Waals surface area contributed by atoms with Gasteiger partial charge in [0.2, 0.25) is 0 Å². The van der Waals surface area contributed by atoms with Gasteiger partial charge in [-0.3, -0.25) is 4.79 Å². The van der Waals surface area contributed by atoms with Gasteiger partial charge in [-0.05, 0) is 31.9 Å². The van der Waals surface area contributed by atoms with Gasteiger partial charge in [-0.2, -0.15) is 0 Å². The topological polar surface area (TPSA) is 44.8 Å². The van der Waals surface area contributed by atoms with E-state index in [1.165, 1.54) is 0 Å². The van der Waals surface area contributed by atoms with Gasteiger partial charge in [0, 0.05) is 6.07 Å². The maximum Gasteiger partial charge on any atom is 0.314 e. The smallest absolute Gasteiger partial charge is 0.314 e. The number of benzene rings is 1. The second kappa shape index (κ2) is 5.08. The zero-order valence-corrected chi connectivity index (χ0v) is 10.1. The Kier molecular flexibility index (Phi) is 3.52. The van der Waals surface area contributed by atoms with Gasteiger partial charge in [0.05, 0.1) is 19.6 Å². The van der Waals surface area contributed by atoms with Crippen molar-refractivity contribution in [1.82, 2.24) is 0 Å². The minimum Gasteiger partial charge on any atom is -0.494 e. The van der Waals surface area contributed by atoms with Crippen molar-refractivity contribution in [3.8, 4) is 17.2 Å². The maximum atomic E-state index is 11.6.